The van der Waals surface area contributed by atoms with Crippen molar-refractivity contribution in [1.29, 1.82) is 0 Å². The summed E-state index contributed by atoms with van der Waals surface area (Å²) in [5.41, 5.74) is 4.07. The van der Waals surface area contributed by atoms with Gasteiger partial charge in [0, 0.05) is 10.9 Å². The fourth-order valence-electron chi connectivity index (χ4n) is 2.17. The molecular weight excluding hydrogens is 352 g/mol. The number of benzene rings is 1. The highest BCUT2D eigenvalue weighted by Gasteiger charge is 2.08. The average molecular weight is 371 g/mol. The van der Waals surface area contributed by atoms with Crippen molar-refractivity contribution in [2.75, 3.05) is 11.1 Å². The Morgan fingerprint density at radius 3 is 2.56 bits per heavy atom. The van der Waals surface area contributed by atoms with Crippen LogP contribution in [0, 0.1) is 6.92 Å². The topological polar surface area (TPSA) is 67.8 Å². The minimum Gasteiger partial charge on any atom is -0.301 e. The number of carbonyl (C=O) groups excluding carboxylic acids is 1. The van der Waals surface area contributed by atoms with Gasteiger partial charge in [-0.3, -0.25) is 4.79 Å². The lowest BCUT2D eigenvalue weighted by Crippen LogP contribution is -2.14. The van der Waals surface area contributed by atoms with Gasteiger partial charge in [-0.2, -0.15) is 0 Å². The summed E-state index contributed by atoms with van der Waals surface area (Å²) >= 11 is 2.78. The fraction of sp³-hybridized carbons (Fsp3) is 0.222. The van der Waals surface area contributed by atoms with Crippen LogP contribution in [0.4, 0.5) is 5.13 Å². The first-order valence-corrected chi connectivity index (χ1v) is 9.78. The lowest BCUT2D eigenvalue weighted by Gasteiger charge is -2.04. The second-order valence-corrected chi connectivity index (χ2v) is 7.29. The van der Waals surface area contributed by atoms with Gasteiger partial charge in [0.15, 0.2) is 5.13 Å². The van der Waals surface area contributed by atoms with E-state index in [4.69, 9.17) is 0 Å². The summed E-state index contributed by atoms with van der Waals surface area (Å²) in [6.45, 7) is 4.03. The van der Waals surface area contributed by atoms with Crippen LogP contribution in [0.2, 0.25) is 0 Å². The Morgan fingerprint density at radius 1 is 1.16 bits per heavy atom. The van der Waals surface area contributed by atoms with Crippen LogP contribution < -0.4 is 5.32 Å². The van der Waals surface area contributed by atoms with Crippen molar-refractivity contribution in [2.24, 2.45) is 0 Å². The normalized spacial score (nSPS) is 10.6. The zero-order chi connectivity index (χ0) is 17.6. The molecule has 3 aromatic rings. The van der Waals surface area contributed by atoms with E-state index in [1.54, 1.807) is 0 Å². The van der Waals surface area contributed by atoms with Gasteiger partial charge in [0.1, 0.15) is 5.03 Å². The molecule has 1 N–H and O–H groups in total. The number of anilines is 1. The maximum Gasteiger partial charge on any atom is 0.236 e. The molecule has 0 bridgehead atoms. The van der Waals surface area contributed by atoms with Gasteiger partial charge in [-0.1, -0.05) is 43.0 Å². The van der Waals surface area contributed by atoms with Crippen molar-refractivity contribution in [2.45, 2.75) is 25.3 Å². The maximum atomic E-state index is 11.9. The van der Waals surface area contributed by atoms with E-state index in [1.165, 1.54) is 28.7 Å². The number of hydrogen-bond donors (Lipinski definition) is 1. The molecule has 0 aliphatic carbocycles. The Labute approximate surface area is 154 Å². The van der Waals surface area contributed by atoms with E-state index < -0.39 is 0 Å². The van der Waals surface area contributed by atoms with E-state index in [1.807, 2.05) is 24.4 Å². The number of nitrogens with one attached hydrogen (secondary N) is 1. The monoisotopic (exact) mass is 370 g/mol. The predicted molar refractivity (Wildman–Crippen MR) is 103 cm³/mol. The van der Waals surface area contributed by atoms with Crippen molar-refractivity contribution in [3.63, 3.8) is 0 Å². The third-order valence-electron chi connectivity index (χ3n) is 3.51. The molecule has 2 aromatic heterocycles. The molecule has 25 heavy (non-hydrogen) atoms. The molecule has 0 aliphatic rings. The van der Waals surface area contributed by atoms with Gasteiger partial charge in [-0.15, -0.1) is 21.5 Å². The molecule has 0 radical (unpaired) electrons. The van der Waals surface area contributed by atoms with Crippen molar-refractivity contribution in [3.8, 4) is 11.3 Å². The second-order valence-electron chi connectivity index (χ2n) is 5.44. The standard InChI is InChI=1S/C18H18N4OS2/c1-3-13-4-6-14(7-5-13)15-8-9-17(22-21-15)24-11-16(23)20-18-19-12(2)10-25-18/h4-10H,3,11H2,1-2H3,(H,19,20,23). The van der Waals surface area contributed by atoms with Crippen LogP contribution >= 0.6 is 23.1 Å². The minimum absolute atomic E-state index is 0.0969. The molecule has 0 unspecified atom stereocenters. The average Bonchev–Trinajstić information content (AvgIpc) is 3.05. The number of thioether (sulfide) groups is 1. The van der Waals surface area contributed by atoms with Crippen LogP contribution in [0.1, 0.15) is 18.2 Å². The Morgan fingerprint density at radius 2 is 1.96 bits per heavy atom. The largest absolute Gasteiger partial charge is 0.301 e. The van der Waals surface area contributed by atoms with Gasteiger partial charge >= 0.3 is 0 Å². The maximum absolute atomic E-state index is 11.9. The molecule has 0 fully saturated rings. The highest BCUT2D eigenvalue weighted by molar-refractivity contribution is 7.99. The number of nitrogens with zero attached hydrogens (tertiary/aromatic N) is 3. The van der Waals surface area contributed by atoms with E-state index in [0.717, 1.165) is 28.4 Å². The lowest BCUT2D eigenvalue weighted by atomic mass is 10.1. The summed E-state index contributed by atoms with van der Waals surface area (Å²) < 4.78 is 0. The molecule has 128 valence electrons. The predicted octanol–water partition coefficient (Wildman–Crippen LogP) is 4.20. The molecule has 3 rings (SSSR count). The molecular formula is C18H18N4OS2. The smallest absolute Gasteiger partial charge is 0.236 e. The number of thiazole rings is 1. The van der Waals surface area contributed by atoms with Crippen molar-refractivity contribution >= 4 is 34.1 Å². The Hall–Kier alpha value is -2.25. The number of aryl methyl sites for hydroxylation is 2. The van der Waals surface area contributed by atoms with Crippen molar-refractivity contribution < 1.29 is 4.79 Å². The highest BCUT2D eigenvalue weighted by atomic mass is 32.2. The van der Waals surface area contributed by atoms with E-state index in [9.17, 15) is 4.79 Å². The summed E-state index contributed by atoms with van der Waals surface area (Å²) in [5.74, 6) is 0.179. The number of hydrogen-bond acceptors (Lipinski definition) is 6. The highest BCUT2D eigenvalue weighted by Crippen LogP contribution is 2.21. The van der Waals surface area contributed by atoms with Crippen molar-refractivity contribution in [3.05, 3.63) is 53.0 Å². The molecule has 7 heteroatoms. The molecule has 0 atom stereocenters. The summed E-state index contributed by atoms with van der Waals surface area (Å²) in [6.07, 6.45) is 1.02. The van der Waals surface area contributed by atoms with Crippen LogP contribution in [-0.2, 0) is 11.2 Å². The van der Waals surface area contributed by atoms with E-state index >= 15 is 0 Å². The third kappa shape index (κ3) is 4.87. The fourth-order valence-corrected chi connectivity index (χ4v) is 3.49. The van der Waals surface area contributed by atoms with Crippen LogP contribution in [0.3, 0.4) is 0 Å². The molecule has 2 heterocycles. The molecule has 0 aliphatic heterocycles. The molecule has 5 nitrogen and oxygen atoms in total. The first-order valence-electron chi connectivity index (χ1n) is 7.92. The molecule has 0 saturated heterocycles. The van der Waals surface area contributed by atoms with Crippen LogP contribution in [-0.4, -0.2) is 26.8 Å². The third-order valence-corrected chi connectivity index (χ3v) is 5.31. The van der Waals surface area contributed by atoms with Gasteiger partial charge in [0.25, 0.3) is 0 Å². The number of aromatic nitrogens is 3. The van der Waals surface area contributed by atoms with Crippen molar-refractivity contribution in [1.82, 2.24) is 15.2 Å². The summed E-state index contributed by atoms with van der Waals surface area (Å²) in [4.78, 5) is 16.1. The van der Waals surface area contributed by atoms with Crippen LogP contribution in [0.15, 0.2) is 46.8 Å². The van der Waals surface area contributed by atoms with Gasteiger partial charge < -0.3 is 5.32 Å². The van der Waals surface area contributed by atoms with Crippen LogP contribution in [0.25, 0.3) is 11.3 Å². The number of carbonyl (C=O) groups is 1. The first kappa shape index (κ1) is 17.6. The minimum atomic E-state index is -0.0969. The Balaban J connectivity index is 1.55. The zero-order valence-corrected chi connectivity index (χ0v) is 15.7. The van der Waals surface area contributed by atoms with Gasteiger partial charge in [-0.05, 0) is 31.0 Å². The quantitative estimate of drug-likeness (QED) is 0.659. The summed E-state index contributed by atoms with van der Waals surface area (Å²) in [5, 5.41) is 14.5. The van der Waals surface area contributed by atoms with Gasteiger partial charge in [-0.25, -0.2) is 4.98 Å². The summed E-state index contributed by atoms with van der Waals surface area (Å²) in [6, 6.07) is 12.1. The molecule has 0 spiro atoms. The van der Waals surface area contributed by atoms with E-state index in [2.05, 4.69) is 51.7 Å². The SMILES string of the molecule is CCc1ccc(-c2ccc(SCC(=O)Nc3nc(C)cs3)nn2)cc1. The first-order chi connectivity index (χ1) is 12.1. The van der Waals surface area contributed by atoms with Gasteiger partial charge in [0.05, 0.1) is 17.1 Å². The molecule has 1 amide bonds. The van der Waals surface area contributed by atoms with Gasteiger partial charge in [0.2, 0.25) is 5.91 Å². The Bertz CT molecular complexity index is 844. The van der Waals surface area contributed by atoms with E-state index in [0.29, 0.717) is 5.13 Å². The molecule has 1 aromatic carbocycles. The lowest BCUT2D eigenvalue weighted by molar-refractivity contribution is -0.113. The summed E-state index contributed by atoms with van der Waals surface area (Å²) in [7, 11) is 0. The van der Waals surface area contributed by atoms with E-state index in [-0.39, 0.29) is 11.7 Å². The molecule has 0 saturated carbocycles. The zero-order valence-electron chi connectivity index (χ0n) is 14.0. The number of rotatable bonds is 6. The van der Waals surface area contributed by atoms with Crippen LogP contribution in [0.5, 0.6) is 0 Å². The number of amides is 1. The second kappa shape index (κ2) is 8.22. The Kier molecular flexibility index (Phi) is 5.78.